The van der Waals surface area contributed by atoms with Crippen LogP contribution in [-0.4, -0.2) is 28.0 Å². The predicted octanol–water partition coefficient (Wildman–Crippen LogP) is 2.32. The van der Waals surface area contributed by atoms with Gasteiger partial charge in [0, 0.05) is 16.6 Å². The van der Waals surface area contributed by atoms with Crippen LogP contribution in [0.4, 0.5) is 11.5 Å². The first-order valence-electron chi connectivity index (χ1n) is 7.02. The van der Waals surface area contributed by atoms with E-state index in [1.807, 2.05) is 0 Å². The number of anilines is 2. The van der Waals surface area contributed by atoms with Crippen molar-refractivity contribution < 1.29 is 9.59 Å². The molecule has 3 rings (SSSR count). The summed E-state index contributed by atoms with van der Waals surface area (Å²) >= 11 is 4.57. The average Bonchev–Trinajstić information content (AvgIpc) is 2.55. The van der Waals surface area contributed by atoms with E-state index in [0.717, 1.165) is 4.47 Å². The molecular formula is C15H13BrN4O3S. The zero-order valence-electron chi connectivity index (χ0n) is 12.6. The first-order chi connectivity index (χ1) is 11.5. The van der Waals surface area contributed by atoms with Gasteiger partial charge in [-0.2, -0.15) is 0 Å². The molecule has 7 nitrogen and oxygen atoms in total. The number of aromatic nitrogens is 2. The van der Waals surface area contributed by atoms with Crippen molar-refractivity contribution in [3.05, 3.63) is 44.7 Å². The minimum Gasteiger partial charge on any atom is -0.326 e. The van der Waals surface area contributed by atoms with Crippen LogP contribution >= 0.6 is 27.7 Å². The molecule has 0 aliphatic carbocycles. The maximum Gasteiger partial charge on any atom is 0.257 e. The summed E-state index contributed by atoms with van der Waals surface area (Å²) in [5.41, 5.74) is 0.350. The standard InChI is InChI=1S/C15H13BrN4O3S/c1-24-15-19-12-11(14(23)20-15)9(6-10(21)18-12)13(22)17-8-4-2-7(16)3-5-8/h2-5,9H,6H2,1H3,(H,17,22)(H2,18,19,20,21,23)/t9-/m1/s1. The van der Waals surface area contributed by atoms with Gasteiger partial charge in [-0.15, -0.1) is 0 Å². The van der Waals surface area contributed by atoms with Crippen molar-refractivity contribution in [2.75, 3.05) is 16.9 Å². The molecule has 0 spiro atoms. The third-order valence-corrected chi connectivity index (χ3v) is 4.66. The topological polar surface area (TPSA) is 104 Å². The Morgan fingerprint density at radius 1 is 1.33 bits per heavy atom. The normalized spacial score (nSPS) is 16.2. The van der Waals surface area contributed by atoms with Crippen molar-refractivity contribution in [3.63, 3.8) is 0 Å². The number of aromatic amines is 1. The molecule has 1 aromatic heterocycles. The first kappa shape index (κ1) is 16.7. The summed E-state index contributed by atoms with van der Waals surface area (Å²) in [7, 11) is 0. The third-order valence-electron chi connectivity index (χ3n) is 3.55. The highest BCUT2D eigenvalue weighted by Crippen LogP contribution is 2.30. The Kier molecular flexibility index (Phi) is 4.72. The summed E-state index contributed by atoms with van der Waals surface area (Å²) in [6, 6.07) is 7.03. The van der Waals surface area contributed by atoms with Crippen molar-refractivity contribution in [2.45, 2.75) is 17.5 Å². The number of rotatable bonds is 3. The smallest absolute Gasteiger partial charge is 0.257 e. The molecule has 24 heavy (non-hydrogen) atoms. The van der Waals surface area contributed by atoms with Crippen molar-refractivity contribution in [1.82, 2.24) is 9.97 Å². The Morgan fingerprint density at radius 2 is 2.04 bits per heavy atom. The molecule has 0 fully saturated rings. The van der Waals surface area contributed by atoms with E-state index in [4.69, 9.17) is 0 Å². The number of carbonyl (C=O) groups excluding carboxylic acids is 2. The largest absolute Gasteiger partial charge is 0.326 e. The number of halogens is 1. The maximum atomic E-state index is 12.6. The highest BCUT2D eigenvalue weighted by atomic mass is 79.9. The summed E-state index contributed by atoms with van der Waals surface area (Å²) in [6.07, 6.45) is 1.66. The number of nitrogens with one attached hydrogen (secondary N) is 3. The fourth-order valence-corrected chi connectivity index (χ4v) is 3.08. The van der Waals surface area contributed by atoms with E-state index in [-0.39, 0.29) is 23.7 Å². The lowest BCUT2D eigenvalue weighted by Crippen LogP contribution is -2.36. The Labute approximate surface area is 149 Å². The van der Waals surface area contributed by atoms with E-state index >= 15 is 0 Å². The second-order valence-corrected chi connectivity index (χ2v) is 6.85. The Bertz CT molecular complexity index is 866. The summed E-state index contributed by atoms with van der Waals surface area (Å²) in [6.45, 7) is 0. The quantitative estimate of drug-likeness (QED) is 0.533. The van der Waals surface area contributed by atoms with Gasteiger partial charge in [0.25, 0.3) is 5.56 Å². The highest BCUT2D eigenvalue weighted by Gasteiger charge is 2.34. The lowest BCUT2D eigenvalue weighted by atomic mass is 9.92. The van der Waals surface area contributed by atoms with Crippen LogP contribution in [0, 0.1) is 0 Å². The zero-order valence-corrected chi connectivity index (χ0v) is 15.0. The second kappa shape index (κ2) is 6.78. The van der Waals surface area contributed by atoms with Crippen LogP contribution in [-0.2, 0) is 9.59 Å². The van der Waals surface area contributed by atoms with Gasteiger partial charge >= 0.3 is 0 Å². The Balaban J connectivity index is 1.94. The average molecular weight is 409 g/mol. The van der Waals surface area contributed by atoms with Crippen molar-refractivity contribution in [1.29, 1.82) is 0 Å². The van der Waals surface area contributed by atoms with Crippen molar-refractivity contribution >= 4 is 51.0 Å². The molecule has 1 aliphatic heterocycles. The molecule has 9 heteroatoms. The lowest BCUT2D eigenvalue weighted by Gasteiger charge is -2.23. The van der Waals surface area contributed by atoms with Gasteiger partial charge in [0.1, 0.15) is 5.82 Å². The molecule has 0 radical (unpaired) electrons. The first-order valence-corrected chi connectivity index (χ1v) is 9.04. The number of hydrogen-bond acceptors (Lipinski definition) is 5. The summed E-state index contributed by atoms with van der Waals surface area (Å²) in [4.78, 5) is 43.6. The van der Waals surface area contributed by atoms with Crippen LogP contribution in [0.1, 0.15) is 17.9 Å². The number of thioether (sulfide) groups is 1. The molecule has 1 aliphatic rings. The van der Waals surface area contributed by atoms with Crippen molar-refractivity contribution in [3.8, 4) is 0 Å². The van der Waals surface area contributed by atoms with Gasteiger partial charge in [0.2, 0.25) is 11.8 Å². The Morgan fingerprint density at radius 3 is 2.71 bits per heavy atom. The van der Waals surface area contributed by atoms with E-state index in [9.17, 15) is 14.4 Å². The lowest BCUT2D eigenvalue weighted by molar-refractivity contribution is -0.123. The van der Waals surface area contributed by atoms with E-state index in [2.05, 4.69) is 36.5 Å². The molecular weight excluding hydrogens is 396 g/mol. The van der Waals surface area contributed by atoms with Crippen LogP contribution in [0.15, 0.2) is 38.7 Å². The van der Waals surface area contributed by atoms with Crippen LogP contribution < -0.4 is 16.2 Å². The van der Waals surface area contributed by atoms with Crippen LogP contribution in [0.2, 0.25) is 0 Å². The van der Waals surface area contributed by atoms with Gasteiger partial charge in [0.15, 0.2) is 5.16 Å². The molecule has 2 aromatic rings. The van der Waals surface area contributed by atoms with Crippen molar-refractivity contribution in [2.24, 2.45) is 0 Å². The molecule has 1 atom stereocenters. The molecule has 0 unspecified atom stereocenters. The monoisotopic (exact) mass is 408 g/mol. The van der Waals surface area contributed by atoms with Gasteiger partial charge in [-0.1, -0.05) is 27.7 Å². The number of H-pyrrole nitrogens is 1. The molecule has 124 valence electrons. The fourth-order valence-electron chi connectivity index (χ4n) is 2.43. The van der Waals surface area contributed by atoms with Crippen LogP contribution in [0.5, 0.6) is 0 Å². The van der Waals surface area contributed by atoms with E-state index in [1.54, 1.807) is 30.5 Å². The summed E-state index contributed by atoms with van der Waals surface area (Å²) in [5.74, 6) is -1.50. The minimum absolute atomic E-state index is 0.0985. The maximum absolute atomic E-state index is 12.6. The number of amides is 2. The van der Waals surface area contributed by atoms with Gasteiger partial charge in [-0.25, -0.2) is 4.98 Å². The predicted molar refractivity (Wildman–Crippen MR) is 95.4 cm³/mol. The minimum atomic E-state index is -0.885. The number of nitrogens with zero attached hydrogens (tertiary/aromatic N) is 1. The molecule has 2 heterocycles. The Hall–Kier alpha value is -2.13. The number of benzene rings is 1. The number of carbonyl (C=O) groups is 2. The number of fused-ring (bicyclic) bond motifs is 1. The molecule has 2 amide bonds. The summed E-state index contributed by atoms with van der Waals surface area (Å²) in [5, 5.41) is 5.68. The molecule has 0 saturated carbocycles. The van der Waals surface area contributed by atoms with E-state index < -0.39 is 17.4 Å². The molecule has 0 bridgehead atoms. The highest BCUT2D eigenvalue weighted by molar-refractivity contribution is 9.10. The van der Waals surface area contributed by atoms with Crippen LogP contribution in [0.3, 0.4) is 0 Å². The van der Waals surface area contributed by atoms with Gasteiger partial charge in [-0.05, 0) is 30.5 Å². The van der Waals surface area contributed by atoms with E-state index in [1.165, 1.54) is 11.8 Å². The molecule has 1 aromatic carbocycles. The SMILES string of the molecule is CSc1nc2c(c(=O)[nH]1)[C@H](C(=O)Nc1ccc(Br)cc1)CC(=O)N2. The van der Waals surface area contributed by atoms with Crippen LogP contribution in [0.25, 0.3) is 0 Å². The molecule has 3 N–H and O–H groups in total. The third kappa shape index (κ3) is 3.36. The zero-order chi connectivity index (χ0) is 17.3. The van der Waals surface area contributed by atoms with E-state index in [0.29, 0.717) is 10.8 Å². The number of hydrogen-bond donors (Lipinski definition) is 3. The fraction of sp³-hybridized carbons (Fsp3) is 0.200. The summed E-state index contributed by atoms with van der Waals surface area (Å²) < 4.78 is 0.883. The molecule has 0 saturated heterocycles. The van der Waals surface area contributed by atoms with Gasteiger partial charge < -0.3 is 15.6 Å². The van der Waals surface area contributed by atoms with Gasteiger partial charge in [-0.3, -0.25) is 14.4 Å². The second-order valence-electron chi connectivity index (χ2n) is 5.14. The van der Waals surface area contributed by atoms with Gasteiger partial charge in [0.05, 0.1) is 11.5 Å².